The average Bonchev–Trinajstić information content (AvgIpc) is 3.73. The van der Waals surface area contributed by atoms with Gasteiger partial charge >= 0.3 is 5.97 Å². The van der Waals surface area contributed by atoms with Gasteiger partial charge in [-0.25, -0.2) is 18.0 Å². The van der Waals surface area contributed by atoms with Gasteiger partial charge in [0.05, 0.1) is 12.2 Å². The van der Waals surface area contributed by atoms with Crippen molar-refractivity contribution in [3.8, 4) is 16.9 Å². The molecule has 188 valence electrons. The summed E-state index contributed by atoms with van der Waals surface area (Å²) in [5.41, 5.74) is 1.91. The first-order valence-electron chi connectivity index (χ1n) is 12.7. The van der Waals surface area contributed by atoms with Gasteiger partial charge in [0.25, 0.3) is 0 Å². The van der Waals surface area contributed by atoms with Crippen LogP contribution >= 0.6 is 0 Å². The molecule has 0 amide bonds. The molecule has 1 saturated heterocycles. The molecule has 6 heteroatoms. The number of ether oxygens (including phenoxy) is 2. The maximum Gasteiger partial charge on any atom is 0.343 e. The Morgan fingerprint density at radius 3 is 2.31 bits per heavy atom. The molecule has 3 nitrogen and oxygen atoms in total. The molecule has 1 unspecified atom stereocenters. The fraction of sp³-hybridized carbons (Fsp3) is 0.367. The van der Waals surface area contributed by atoms with Crippen LogP contribution in [0.25, 0.3) is 11.1 Å². The Morgan fingerprint density at radius 1 is 0.944 bits per heavy atom. The molecule has 0 radical (unpaired) electrons. The van der Waals surface area contributed by atoms with Gasteiger partial charge in [-0.3, -0.25) is 0 Å². The number of hydrogen-bond acceptors (Lipinski definition) is 3. The molecular formula is C30H29F3O3. The van der Waals surface area contributed by atoms with Crippen molar-refractivity contribution in [1.82, 2.24) is 0 Å². The Hall–Kier alpha value is -3.12. The lowest BCUT2D eigenvalue weighted by molar-refractivity contribution is 0.0728. The van der Waals surface area contributed by atoms with Crippen LogP contribution in [0.1, 0.15) is 79.0 Å². The topological polar surface area (TPSA) is 38.8 Å². The molecule has 2 aliphatic rings. The van der Waals surface area contributed by atoms with Crippen LogP contribution in [0.5, 0.6) is 5.75 Å². The molecule has 1 atom stereocenters. The van der Waals surface area contributed by atoms with E-state index in [-0.39, 0.29) is 28.9 Å². The third-order valence-corrected chi connectivity index (χ3v) is 7.39. The van der Waals surface area contributed by atoms with E-state index in [1.807, 2.05) is 0 Å². The summed E-state index contributed by atoms with van der Waals surface area (Å²) in [4.78, 5) is 12.5. The van der Waals surface area contributed by atoms with E-state index in [9.17, 15) is 9.18 Å². The highest BCUT2D eigenvalue weighted by molar-refractivity contribution is 5.91. The molecule has 36 heavy (non-hydrogen) atoms. The minimum absolute atomic E-state index is 0.0464. The van der Waals surface area contributed by atoms with E-state index < -0.39 is 23.4 Å². The molecule has 2 fully saturated rings. The molecule has 0 bridgehead atoms. The Balaban J connectivity index is 1.27. The van der Waals surface area contributed by atoms with Crippen molar-refractivity contribution >= 4 is 5.97 Å². The summed E-state index contributed by atoms with van der Waals surface area (Å²) >= 11 is 0. The molecular weight excluding hydrogens is 465 g/mol. The van der Waals surface area contributed by atoms with Gasteiger partial charge in [-0.2, -0.15) is 0 Å². The van der Waals surface area contributed by atoms with E-state index in [4.69, 9.17) is 9.47 Å². The molecule has 0 N–H and O–H groups in total. The third-order valence-electron chi connectivity index (χ3n) is 7.39. The zero-order chi connectivity index (χ0) is 25.2. The molecule has 1 heterocycles. The van der Waals surface area contributed by atoms with E-state index in [2.05, 4.69) is 6.92 Å². The second kappa shape index (κ2) is 10.5. The van der Waals surface area contributed by atoms with E-state index in [0.29, 0.717) is 29.2 Å². The Labute approximate surface area is 209 Å². The van der Waals surface area contributed by atoms with Gasteiger partial charge in [0.1, 0.15) is 6.10 Å². The molecule has 1 aliphatic carbocycles. The van der Waals surface area contributed by atoms with Gasteiger partial charge < -0.3 is 9.47 Å². The molecule has 3 aromatic rings. The van der Waals surface area contributed by atoms with Crippen molar-refractivity contribution in [2.24, 2.45) is 5.92 Å². The lowest BCUT2D eigenvalue weighted by Gasteiger charge is -2.29. The summed E-state index contributed by atoms with van der Waals surface area (Å²) in [6.45, 7) is 2.73. The van der Waals surface area contributed by atoms with Gasteiger partial charge in [0, 0.05) is 5.56 Å². The number of carbonyl (C=O) groups is 1. The van der Waals surface area contributed by atoms with Gasteiger partial charge in [-0.1, -0.05) is 50.1 Å². The number of rotatable bonds is 7. The molecule has 3 aromatic carbocycles. The van der Waals surface area contributed by atoms with E-state index in [1.54, 1.807) is 18.2 Å². The highest BCUT2D eigenvalue weighted by atomic mass is 19.2. The predicted molar refractivity (Wildman–Crippen MR) is 131 cm³/mol. The number of benzene rings is 3. The third kappa shape index (κ3) is 5.19. The van der Waals surface area contributed by atoms with E-state index in [1.165, 1.54) is 42.8 Å². The van der Waals surface area contributed by atoms with Crippen molar-refractivity contribution in [3.63, 3.8) is 0 Å². The number of esters is 1. The summed E-state index contributed by atoms with van der Waals surface area (Å²) in [7, 11) is 0. The first kappa shape index (κ1) is 24.6. The van der Waals surface area contributed by atoms with Gasteiger partial charge in [-0.15, -0.1) is 0 Å². The van der Waals surface area contributed by atoms with Gasteiger partial charge in [-0.05, 0) is 78.5 Å². The monoisotopic (exact) mass is 494 g/mol. The van der Waals surface area contributed by atoms with Gasteiger partial charge in [0.15, 0.2) is 23.2 Å². The van der Waals surface area contributed by atoms with Crippen LogP contribution in [-0.4, -0.2) is 12.6 Å². The zero-order valence-electron chi connectivity index (χ0n) is 20.2. The van der Waals surface area contributed by atoms with Crippen molar-refractivity contribution in [3.05, 3.63) is 88.7 Å². The second-order valence-corrected chi connectivity index (χ2v) is 9.82. The van der Waals surface area contributed by atoms with E-state index >= 15 is 8.78 Å². The Kier molecular flexibility index (Phi) is 7.15. The summed E-state index contributed by atoms with van der Waals surface area (Å²) in [5, 5.41) is 0. The smallest absolute Gasteiger partial charge is 0.343 e. The molecule has 1 aliphatic heterocycles. The maximum atomic E-state index is 15.1. The molecule has 0 spiro atoms. The van der Waals surface area contributed by atoms with Crippen molar-refractivity contribution in [2.45, 2.75) is 57.5 Å². The van der Waals surface area contributed by atoms with Crippen LogP contribution in [0, 0.1) is 23.4 Å². The SMILES string of the molecule is CCCC1CCC(c2ccc(-c3ccc(C(=O)Oc4ccc(C5CO5)cc4F)cc3)c(F)c2F)CC1. The first-order valence-corrected chi connectivity index (χ1v) is 12.7. The lowest BCUT2D eigenvalue weighted by Crippen LogP contribution is -2.15. The fourth-order valence-electron chi connectivity index (χ4n) is 5.26. The largest absolute Gasteiger partial charge is 0.420 e. The van der Waals surface area contributed by atoms with Crippen molar-refractivity contribution in [2.75, 3.05) is 6.61 Å². The quantitative estimate of drug-likeness (QED) is 0.189. The van der Waals surface area contributed by atoms with Crippen LogP contribution in [-0.2, 0) is 4.74 Å². The second-order valence-electron chi connectivity index (χ2n) is 9.82. The fourth-order valence-corrected chi connectivity index (χ4v) is 5.26. The predicted octanol–water partition coefficient (Wildman–Crippen LogP) is 8.14. The molecule has 0 aromatic heterocycles. The summed E-state index contributed by atoms with van der Waals surface area (Å²) in [6.07, 6.45) is 6.14. The maximum absolute atomic E-state index is 15.1. The van der Waals surface area contributed by atoms with Crippen LogP contribution in [0.15, 0.2) is 54.6 Å². The normalized spacial score (nSPS) is 21.3. The lowest BCUT2D eigenvalue weighted by atomic mass is 9.77. The standard InChI is InChI=1S/C30H29F3O3/c1-2-3-18-4-6-19(7-5-18)23-13-14-24(29(33)28(23)32)20-8-10-21(11-9-20)30(34)36-26-15-12-22(16-25(26)31)27-17-35-27/h8-16,18-19,27H,2-7,17H2,1H3. The average molecular weight is 495 g/mol. The van der Waals surface area contributed by atoms with Crippen LogP contribution in [0.4, 0.5) is 13.2 Å². The van der Waals surface area contributed by atoms with Crippen molar-refractivity contribution < 1.29 is 27.4 Å². The minimum atomic E-state index is -0.875. The highest BCUT2D eigenvalue weighted by Crippen LogP contribution is 2.40. The molecule has 5 rings (SSSR count). The summed E-state index contributed by atoms with van der Waals surface area (Å²) in [6, 6.07) is 13.6. The number of epoxide rings is 1. The van der Waals surface area contributed by atoms with Crippen LogP contribution in [0.3, 0.4) is 0 Å². The first-order chi connectivity index (χ1) is 17.4. The highest BCUT2D eigenvalue weighted by Gasteiger charge is 2.27. The minimum Gasteiger partial charge on any atom is -0.420 e. The Morgan fingerprint density at radius 2 is 1.67 bits per heavy atom. The van der Waals surface area contributed by atoms with Gasteiger partial charge in [0.2, 0.25) is 0 Å². The number of hydrogen-bond donors (Lipinski definition) is 0. The van der Waals surface area contributed by atoms with E-state index in [0.717, 1.165) is 32.1 Å². The summed E-state index contributed by atoms with van der Waals surface area (Å²) < 4.78 is 54.7. The zero-order valence-corrected chi connectivity index (χ0v) is 20.2. The molecule has 1 saturated carbocycles. The van der Waals surface area contributed by atoms with Crippen LogP contribution < -0.4 is 4.74 Å². The van der Waals surface area contributed by atoms with Crippen LogP contribution in [0.2, 0.25) is 0 Å². The Bertz CT molecular complexity index is 1240. The van der Waals surface area contributed by atoms with Crippen molar-refractivity contribution in [1.29, 1.82) is 0 Å². The number of halogens is 3. The summed E-state index contributed by atoms with van der Waals surface area (Å²) in [5.74, 6) is -2.49. The number of carbonyl (C=O) groups excluding carboxylic acids is 1.